The Balaban J connectivity index is 2.11. The van der Waals surface area contributed by atoms with Crippen LogP contribution in [0.2, 0.25) is 0 Å². The first kappa shape index (κ1) is 14.5. The van der Waals surface area contributed by atoms with Crippen LogP contribution in [0.15, 0.2) is 42.9 Å². The van der Waals surface area contributed by atoms with Gasteiger partial charge in [0, 0.05) is 37.2 Å². The smallest absolute Gasteiger partial charge is 0.210 e. The van der Waals surface area contributed by atoms with E-state index in [1.807, 2.05) is 22.9 Å². The summed E-state index contributed by atoms with van der Waals surface area (Å²) in [5.41, 5.74) is 1.36. The molecule has 0 atom stereocenters. The van der Waals surface area contributed by atoms with Gasteiger partial charge in [0.15, 0.2) is 0 Å². The van der Waals surface area contributed by atoms with Crippen molar-refractivity contribution in [3.05, 3.63) is 54.1 Å². The Morgan fingerprint density at radius 3 is 2.70 bits per heavy atom. The number of aromatic nitrogens is 2. The van der Waals surface area contributed by atoms with Crippen LogP contribution in [0.4, 0.5) is 0 Å². The van der Waals surface area contributed by atoms with E-state index in [-0.39, 0.29) is 5.78 Å². The van der Waals surface area contributed by atoms with Crippen LogP contribution in [0, 0.1) is 0 Å². The second kappa shape index (κ2) is 7.01. The maximum atomic E-state index is 12.4. The molecule has 0 spiro atoms. The minimum atomic E-state index is 0.0302. The van der Waals surface area contributed by atoms with E-state index >= 15 is 0 Å². The first-order chi connectivity index (χ1) is 9.76. The highest BCUT2D eigenvalue weighted by Crippen LogP contribution is 2.10. The molecule has 0 fully saturated rings. The summed E-state index contributed by atoms with van der Waals surface area (Å²) in [4.78, 5) is 18.8. The molecule has 4 nitrogen and oxygen atoms in total. The maximum absolute atomic E-state index is 12.4. The van der Waals surface area contributed by atoms with Gasteiger partial charge in [-0.2, -0.15) is 0 Å². The topological polar surface area (TPSA) is 38.1 Å². The molecule has 0 aliphatic carbocycles. The van der Waals surface area contributed by atoms with Crippen LogP contribution < -0.4 is 0 Å². The molecule has 106 valence electrons. The van der Waals surface area contributed by atoms with Gasteiger partial charge in [-0.3, -0.25) is 9.78 Å². The second-order valence-electron chi connectivity index (χ2n) is 4.68. The quantitative estimate of drug-likeness (QED) is 0.726. The lowest BCUT2D eigenvalue weighted by Gasteiger charge is -2.19. The van der Waals surface area contributed by atoms with Gasteiger partial charge in [0.05, 0.1) is 5.69 Å². The fraction of sp³-hybridized carbons (Fsp3) is 0.375. The third-order valence-electron chi connectivity index (χ3n) is 3.54. The van der Waals surface area contributed by atoms with Crippen molar-refractivity contribution in [1.82, 2.24) is 14.5 Å². The van der Waals surface area contributed by atoms with Crippen LogP contribution in [-0.2, 0) is 6.54 Å². The summed E-state index contributed by atoms with van der Waals surface area (Å²) >= 11 is 0. The van der Waals surface area contributed by atoms with Crippen LogP contribution in [0.3, 0.4) is 0 Å². The van der Waals surface area contributed by atoms with Gasteiger partial charge in [-0.1, -0.05) is 13.8 Å². The van der Waals surface area contributed by atoms with E-state index in [0.717, 1.165) is 31.9 Å². The summed E-state index contributed by atoms with van der Waals surface area (Å²) in [5, 5.41) is 0. The summed E-state index contributed by atoms with van der Waals surface area (Å²) in [7, 11) is 0. The average molecular weight is 271 g/mol. The number of rotatable bonds is 7. The highest BCUT2D eigenvalue weighted by Gasteiger charge is 2.13. The number of hydrogen-bond donors (Lipinski definition) is 0. The van der Waals surface area contributed by atoms with Gasteiger partial charge in [-0.05, 0) is 37.4 Å². The summed E-state index contributed by atoms with van der Waals surface area (Å²) in [5.74, 6) is 0.0302. The molecule has 0 aliphatic heterocycles. The van der Waals surface area contributed by atoms with Crippen molar-refractivity contribution >= 4 is 5.78 Å². The Labute approximate surface area is 120 Å². The van der Waals surface area contributed by atoms with E-state index in [1.54, 1.807) is 24.5 Å². The summed E-state index contributed by atoms with van der Waals surface area (Å²) < 4.78 is 2.02. The zero-order valence-electron chi connectivity index (χ0n) is 12.1. The van der Waals surface area contributed by atoms with E-state index in [0.29, 0.717) is 5.56 Å². The number of carbonyl (C=O) groups is 1. The minimum absolute atomic E-state index is 0.0302. The molecule has 0 bridgehead atoms. The molecule has 2 aromatic rings. The van der Waals surface area contributed by atoms with Gasteiger partial charge < -0.3 is 9.47 Å². The lowest BCUT2D eigenvalue weighted by atomic mass is 10.1. The molecule has 20 heavy (non-hydrogen) atoms. The van der Waals surface area contributed by atoms with Gasteiger partial charge in [-0.15, -0.1) is 0 Å². The molecule has 0 saturated heterocycles. The first-order valence-electron chi connectivity index (χ1n) is 7.08. The Morgan fingerprint density at radius 1 is 1.25 bits per heavy atom. The molecule has 2 heterocycles. The van der Waals surface area contributed by atoms with Crippen LogP contribution in [0.1, 0.15) is 29.9 Å². The lowest BCUT2D eigenvalue weighted by Crippen LogP contribution is -2.27. The Bertz CT molecular complexity index is 544. The summed E-state index contributed by atoms with van der Waals surface area (Å²) in [6, 6.07) is 7.39. The van der Waals surface area contributed by atoms with Gasteiger partial charge in [0.2, 0.25) is 5.78 Å². The van der Waals surface area contributed by atoms with Gasteiger partial charge in [0.1, 0.15) is 0 Å². The highest BCUT2D eigenvalue weighted by molar-refractivity contribution is 6.07. The number of carbonyl (C=O) groups excluding carboxylic acids is 1. The van der Waals surface area contributed by atoms with Crippen molar-refractivity contribution in [2.75, 3.05) is 19.6 Å². The van der Waals surface area contributed by atoms with Crippen molar-refractivity contribution in [3.8, 4) is 0 Å². The van der Waals surface area contributed by atoms with Gasteiger partial charge >= 0.3 is 0 Å². The zero-order chi connectivity index (χ0) is 14.4. The van der Waals surface area contributed by atoms with Crippen molar-refractivity contribution in [1.29, 1.82) is 0 Å². The second-order valence-corrected chi connectivity index (χ2v) is 4.68. The number of likely N-dealkylation sites (N-methyl/N-ethyl adjacent to an activating group) is 1. The monoisotopic (exact) mass is 271 g/mol. The Kier molecular flexibility index (Phi) is 5.07. The van der Waals surface area contributed by atoms with Crippen LogP contribution >= 0.6 is 0 Å². The normalized spacial score (nSPS) is 10.9. The van der Waals surface area contributed by atoms with Crippen LogP contribution in [-0.4, -0.2) is 39.9 Å². The van der Waals surface area contributed by atoms with E-state index in [4.69, 9.17) is 0 Å². The molecule has 4 heteroatoms. The van der Waals surface area contributed by atoms with Crippen molar-refractivity contribution in [3.63, 3.8) is 0 Å². The molecule has 0 saturated carbocycles. The van der Waals surface area contributed by atoms with Crippen LogP contribution in [0.5, 0.6) is 0 Å². The zero-order valence-corrected chi connectivity index (χ0v) is 12.1. The summed E-state index contributed by atoms with van der Waals surface area (Å²) in [6.45, 7) is 8.15. The fourth-order valence-electron chi connectivity index (χ4n) is 2.25. The maximum Gasteiger partial charge on any atom is 0.210 e. The standard InChI is InChI=1S/C16H21N3O/c1-3-18(4-2)11-12-19-10-6-8-15(19)16(20)14-7-5-9-17-13-14/h5-10,13H,3-4,11-12H2,1-2H3. The predicted octanol–water partition coefficient (Wildman–Crippen LogP) is 2.46. The summed E-state index contributed by atoms with van der Waals surface area (Å²) in [6.07, 6.45) is 5.26. The number of pyridine rings is 1. The number of ketones is 1. The molecule has 0 aromatic carbocycles. The Hall–Kier alpha value is -1.94. The molecular weight excluding hydrogens is 250 g/mol. The van der Waals surface area contributed by atoms with Crippen molar-refractivity contribution in [2.45, 2.75) is 20.4 Å². The molecule has 0 unspecified atom stereocenters. The largest absolute Gasteiger partial charge is 0.344 e. The van der Waals surface area contributed by atoms with Crippen LogP contribution in [0.25, 0.3) is 0 Å². The van der Waals surface area contributed by atoms with Gasteiger partial charge in [0.25, 0.3) is 0 Å². The Morgan fingerprint density at radius 2 is 2.05 bits per heavy atom. The van der Waals surface area contributed by atoms with E-state index in [2.05, 4.69) is 23.7 Å². The molecule has 0 amide bonds. The first-order valence-corrected chi connectivity index (χ1v) is 7.08. The third kappa shape index (κ3) is 3.33. The van der Waals surface area contributed by atoms with E-state index < -0.39 is 0 Å². The highest BCUT2D eigenvalue weighted by atomic mass is 16.1. The minimum Gasteiger partial charge on any atom is -0.344 e. The SMILES string of the molecule is CCN(CC)CCn1cccc1C(=O)c1cccnc1. The molecule has 0 N–H and O–H groups in total. The van der Waals surface area contributed by atoms with Crippen molar-refractivity contribution in [2.24, 2.45) is 0 Å². The molecule has 2 aromatic heterocycles. The predicted molar refractivity (Wildman–Crippen MR) is 79.9 cm³/mol. The lowest BCUT2D eigenvalue weighted by molar-refractivity contribution is 0.102. The number of hydrogen-bond acceptors (Lipinski definition) is 3. The molecule has 0 radical (unpaired) electrons. The molecular formula is C16H21N3O. The van der Waals surface area contributed by atoms with E-state index in [1.165, 1.54) is 0 Å². The van der Waals surface area contributed by atoms with Gasteiger partial charge in [-0.25, -0.2) is 0 Å². The average Bonchev–Trinajstić information content (AvgIpc) is 2.97. The fourth-order valence-corrected chi connectivity index (χ4v) is 2.25. The third-order valence-corrected chi connectivity index (χ3v) is 3.54. The molecule has 0 aliphatic rings. The number of nitrogens with zero attached hydrogens (tertiary/aromatic N) is 3. The van der Waals surface area contributed by atoms with Crippen molar-refractivity contribution < 1.29 is 4.79 Å². The molecule has 2 rings (SSSR count). The van der Waals surface area contributed by atoms with E-state index in [9.17, 15) is 4.79 Å².